The Hall–Kier alpha value is -2.11. The van der Waals surface area contributed by atoms with Crippen molar-refractivity contribution < 1.29 is 13.6 Å². The van der Waals surface area contributed by atoms with E-state index in [-0.39, 0.29) is 12.4 Å². The Morgan fingerprint density at radius 1 is 1.35 bits per heavy atom. The van der Waals surface area contributed by atoms with Gasteiger partial charge in [0, 0.05) is 6.54 Å². The summed E-state index contributed by atoms with van der Waals surface area (Å²) in [7, 11) is 0. The fourth-order valence-electron chi connectivity index (χ4n) is 1.60. The van der Waals surface area contributed by atoms with Gasteiger partial charge in [-0.15, -0.1) is 0 Å². The van der Waals surface area contributed by atoms with Crippen molar-refractivity contribution in [3.63, 3.8) is 0 Å². The number of anilines is 1. The summed E-state index contributed by atoms with van der Waals surface area (Å²) in [6.07, 6.45) is 0. The number of nitrogens with two attached hydrogens (primary N) is 1. The number of hydrogen-bond donors (Lipinski definition) is 2. The van der Waals surface area contributed by atoms with Crippen LogP contribution in [0, 0.1) is 11.6 Å². The first-order valence-electron chi connectivity index (χ1n) is 4.99. The number of carbonyl (C=O) groups is 1. The van der Waals surface area contributed by atoms with Gasteiger partial charge in [0.05, 0.1) is 0 Å². The molecule has 17 heavy (non-hydrogen) atoms. The van der Waals surface area contributed by atoms with Crippen molar-refractivity contribution in [1.29, 1.82) is 0 Å². The van der Waals surface area contributed by atoms with E-state index in [1.807, 2.05) is 0 Å². The maximum atomic E-state index is 13.6. The molecule has 0 aromatic heterocycles. The lowest BCUT2D eigenvalue weighted by Gasteiger charge is -2.29. The topological polar surface area (TPSA) is 58.4 Å². The monoisotopic (exact) mass is 239 g/mol. The molecule has 0 aliphatic carbocycles. The zero-order valence-electron chi connectivity index (χ0n) is 9.13. The lowest BCUT2D eigenvalue weighted by Crippen LogP contribution is -2.48. The van der Waals surface area contributed by atoms with Crippen molar-refractivity contribution in [2.75, 3.05) is 11.4 Å². The molecule has 3 N–H and O–H groups in total. The summed E-state index contributed by atoms with van der Waals surface area (Å²) < 4.78 is 27.1. The number of urea groups is 1. The Kier molecular flexibility index (Phi) is 2.71. The van der Waals surface area contributed by atoms with Crippen LogP contribution >= 0.6 is 0 Å². The third-order valence-corrected chi connectivity index (χ3v) is 2.55. The van der Waals surface area contributed by atoms with Crippen LogP contribution < -0.4 is 16.0 Å². The van der Waals surface area contributed by atoms with Crippen LogP contribution in [-0.2, 0) is 0 Å². The molecule has 1 aliphatic rings. The summed E-state index contributed by atoms with van der Waals surface area (Å²) in [5, 5.41) is 2.48. The predicted octanol–water partition coefficient (Wildman–Crippen LogP) is 1.68. The number of amides is 2. The van der Waals surface area contributed by atoms with Gasteiger partial charge < -0.3 is 11.1 Å². The number of carbonyl (C=O) groups excluding carboxylic acids is 1. The summed E-state index contributed by atoms with van der Waals surface area (Å²) in [6, 6.07) is 2.73. The summed E-state index contributed by atoms with van der Waals surface area (Å²) in [5.41, 5.74) is 5.88. The van der Waals surface area contributed by atoms with Crippen molar-refractivity contribution in [3.05, 3.63) is 41.2 Å². The minimum atomic E-state index is -0.835. The Labute approximate surface area is 96.7 Å². The summed E-state index contributed by atoms with van der Waals surface area (Å²) in [5.74, 6) is -1.62. The molecule has 0 spiro atoms. The van der Waals surface area contributed by atoms with E-state index in [9.17, 15) is 13.6 Å². The van der Waals surface area contributed by atoms with Gasteiger partial charge in [-0.1, -0.05) is 6.07 Å². The molecule has 0 unspecified atom stereocenters. The molecule has 0 fully saturated rings. The van der Waals surface area contributed by atoms with Crippen LogP contribution in [0.15, 0.2) is 29.6 Å². The number of nitrogens with one attached hydrogen (secondary N) is 1. The van der Waals surface area contributed by atoms with Gasteiger partial charge in [0.2, 0.25) is 0 Å². The standard InChI is InChI=1S/C11H11F2N3O/c1-6-5-15-11(17)16(10(6)14)9-7(12)3-2-4-8(9)13/h2-4H,5,14H2,1H3,(H,15,17). The molecule has 4 nitrogen and oxygen atoms in total. The van der Waals surface area contributed by atoms with E-state index in [2.05, 4.69) is 5.32 Å². The van der Waals surface area contributed by atoms with E-state index < -0.39 is 23.4 Å². The van der Waals surface area contributed by atoms with Crippen LogP contribution in [0.4, 0.5) is 19.3 Å². The van der Waals surface area contributed by atoms with Crippen molar-refractivity contribution in [1.82, 2.24) is 5.32 Å². The Morgan fingerprint density at radius 2 is 1.94 bits per heavy atom. The molecule has 0 saturated heterocycles. The van der Waals surface area contributed by atoms with Gasteiger partial charge in [0.25, 0.3) is 0 Å². The smallest absolute Gasteiger partial charge is 0.328 e. The van der Waals surface area contributed by atoms with E-state index in [4.69, 9.17) is 5.73 Å². The average Bonchev–Trinajstić information content (AvgIpc) is 2.28. The molecule has 0 radical (unpaired) electrons. The van der Waals surface area contributed by atoms with Gasteiger partial charge in [-0.2, -0.15) is 0 Å². The second-order valence-electron chi connectivity index (χ2n) is 3.73. The van der Waals surface area contributed by atoms with Crippen LogP contribution in [-0.4, -0.2) is 12.6 Å². The minimum absolute atomic E-state index is 0.0535. The van der Waals surface area contributed by atoms with Crippen molar-refractivity contribution in [2.24, 2.45) is 5.73 Å². The molecule has 90 valence electrons. The maximum Gasteiger partial charge on any atom is 0.328 e. The first kappa shape index (κ1) is 11.4. The van der Waals surface area contributed by atoms with Crippen molar-refractivity contribution >= 4 is 11.7 Å². The molecule has 0 saturated carbocycles. The van der Waals surface area contributed by atoms with E-state index in [0.29, 0.717) is 5.57 Å². The maximum absolute atomic E-state index is 13.6. The fourth-order valence-corrected chi connectivity index (χ4v) is 1.60. The Morgan fingerprint density at radius 3 is 2.53 bits per heavy atom. The summed E-state index contributed by atoms with van der Waals surface area (Å²) >= 11 is 0. The summed E-state index contributed by atoms with van der Waals surface area (Å²) in [6.45, 7) is 1.96. The second kappa shape index (κ2) is 4.04. The highest BCUT2D eigenvalue weighted by molar-refractivity contribution is 5.96. The van der Waals surface area contributed by atoms with Crippen LogP contribution in [0.25, 0.3) is 0 Å². The molecular formula is C11H11F2N3O. The fraction of sp³-hybridized carbons (Fsp3) is 0.182. The minimum Gasteiger partial charge on any atom is -0.385 e. The van der Waals surface area contributed by atoms with Crippen LogP contribution in [0.3, 0.4) is 0 Å². The lowest BCUT2D eigenvalue weighted by molar-refractivity contribution is 0.246. The SMILES string of the molecule is CC1=C(N)N(c2c(F)cccc2F)C(=O)NC1. The van der Waals surface area contributed by atoms with Crippen LogP contribution in [0.2, 0.25) is 0 Å². The third-order valence-electron chi connectivity index (χ3n) is 2.55. The van der Waals surface area contributed by atoms with Crippen LogP contribution in [0.5, 0.6) is 0 Å². The number of benzene rings is 1. The highest BCUT2D eigenvalue weighted by Gasteiger charge is 2.28. The third kappa shape index (κ3) is 1.82. The molecule has 1 heterocycles. The first-order chi connectivity index (χ1) is 8.02. The molecule has 1 aromatic carbocycles. The van der Waals surface area contributed by atoms with Gasteiger partial charge in [0.1, 0.15) is 23.1 Å². The van der Waals surface area contributed by atoms with Gasteiger partial charge in [0.15, 0.2) is 0 Å². The van der Waals surface area contributed by atoms with E-state index >= 15 is 0 Å². The highest BCUT2D eigenvalue weighted by Crippen LogP contribution is 2.27. The second-order valence-corrected chi connectivity index (χ2v) is 3.73. The molecule has 2 amide bonds. The van der Waals surface area contributed by atoms with Gasteiger partial charge in [-0.05, 0) is 24.6 Å². The summed E-state index contributed by atoms with van der Waals surface area (Å²) in [4.78, 5) is 12.4. The quantitative estimate of drug-likeness (QED) is 0.783. The highest BCUT2D eigenvalue weighted by atomic mass is 19.1. The number of halogens is 2. The molecule has 1 aliphatic heterocycles. The number of nitrogens with zero attached hydrogens (tertiary/aromatic N) is 1. The molecule has 0 bridgehead atoms. The van der Waals surface area contributed by atoms with Crippen molar-refractivity contribution in [3.8, 4) is 0 Å². The molecular weight excluding hydrogens is 228 g/mol. The molecule has 0 atom stereocenters. The Bertz CT molecular complexity index is 493. The molecule has 1 aromatic rings. The normalized spacial score (nSPS) is 16.2. The average molecular weight is 239 g/mol. The number of rotatable bonds is 1. The van der Waals surface area contributed by atoms with E-state index in [1.54, 1.807) is 6.92 Å². The zero-order valence-corrected chi connectivity index (χ0v) is 9.13. The zero-order chi connectivity index (χ0) is 12.6. The van der Waals surface area contributed by atoms with Gasteiger partial charge in [-0.25, -0.2) is 18.5 Å². The van der Waals surface area contributed by atoms with Gasteiger partial charge in [-0.3, -0.25) is 0 Å². The largest absolute Gasteiger partial charge is 0.385 e. The van der Waals surface area contributed by atoms with E-state index in [0.717, 1.165) is 17.0 Å². The van der Waals surface area contributed by atoms with Crippen molar-refractivity contribution in [2.45, 2.75) is 6.92 Å². The van der Waals surface area contributed by atoms with Gasteiger partial charge >= 0.3 is 6.03 Å². The lowest BCUT2D eigenvalue weighted by atomic mass is 10.2. The number of hydrogen-bond acceptors (Lipinski definition) is 2. The molecule has 2 rings (SSSR count). The predicted molar refractivity (Wildman–Crippen MR) is 59.1 cm³/mol. The first-order valence-corrected chi connectivity index (χ1v) is 4.99. The number of para-hydroxylation sites is 1. The molecule has 6 heteroatoms. The van der Waals surface area contributed by atoms with E-state index in [1.165, 1.54) is 6.07 Å². The van der Waals surface area contributed by atoms with Crippen LogP contribution in [0.1, 0.15) is 6.92 Å². The Balaban J connectivity index is 2.59.